The fourth-order valence-corrected chi connectivity index (χ4v) is 5.69. The molecule has 0 radical (unpaired) electrons. The Labute approximate surface area is 249 Å². The van der Waals surface area contributed by atoms with Gasteiger partial charge in [-0.15, -0.1) is 0 Å². The van der Waals surface area contributed by atoms with Gasteiger partial charge < -0.3 is 19.9 Å². The zero-order valence-corrected chi connectivity index (χ0v) is 24.8. The van der Waals surface area contributed by atoms with E-state index in [0.29, 0.717) is 30.0 Å². The number of aromatic nitrogens is 4. The second kappa shape index (κ2) is 12.7. The van der Waals surface area contributed by atoms with E-state index in [2.05, 4.69) is 30.2 Å². The molecular weight excluding hydrogens is 564 g/mol. The second-order valence-corrected chi connectivity index (χ2v) is 12.4. The first-order valence-electron chi connectivity index (χ1n) is 14.3. The summed E-state index contributed by atoms with van der Waals surface area (Å²) in [6.07, 6.45) is 10.3. The maximum Gasteiger partial charge on any atom is 0.407 e. The van der Waals surface area contributed by atoms with Crippen LogP contribution in [0.4, 0.5) is 25.5 Å². The first-order valence-corrected chi connectivity index (χ1v) is 14.6. The number of rotatable bonds is 7. The van der Waals surface area contributed by atoms with Gasteiger partial charge in [0.1, 0.15) is 17.2 Å². The highest BCUT2D eigenvalue weighted by Gasteiger charge is 2.38. The van der Waals surface area contributed by atoms with Crippen LogP contribution < -0.4 is 15.1 Å². The number of hydrogen-bond acceptors (Lipinski definition) is 8. The van der Waals surface area contributed by atoms with Gasteiger partial charge in [0.25, 0.3) is 0 Å². The van der Waals surface area contributed by atoms with Gasteiger partial charge in [0.05, 0.1) is 23.5 Å². The van der Waals surface area contributed by atoms with Gasteiger partial charge in [-0.2, -0.15) is 0 Å². The molecule has 0 saturated carbocycles. The Morgan fingerprint density at radius 2 is 1.64 bits per heavy atom. The molecule has 0 aliphatic carbocycles. The topological polar surface area (TPSA) is 96.4 Å². The first-order chi connectivity index (χ1) is 20.0. The van der Waals surface area contributed by atoms with E-state index in [1.54, 1.807) is 33.2 Å². The van der Waals surface area contributed by atoms with Gasteiger partial charge in [-0.25, -0.2) is 33.5 Å². The molecular formula is C30H36ClF2N7O2. The van der Waals surface area contributed by atoms with E-state index in [4.69, 9.17) is 16.3 Å². The molecule has 2 atom stereocenters. The highest BCUT2D eigenvalue weighted by molar-refractivity contribution is 6.30. The van der Waals surface area contributed by atoms with E-state index in [1.165, 1.54) is 6.07 Å². The largest absolute Gasteiger partial charge is 0.444 e. The summed E-state index contributed by atoms with van der Waals surface area (Å²) in [5, 5.41) is 3.38. The van der Waals surface area contributed by atoms with Crippen LogP contribution in [-0.2, 0) is 11.2 Å². The van der Waals surface area contributed by atoms with E-state index >= 15 is 0 Å². The molecule has 0 spiro atoms. The number of ether oxygens (including phenoxy) is 1. The first kappa shape index (κ1) is 29.9. The minimum absolute atomic E-state index is 0.198. The Kier molecular flexibility index (Phi) is 9.05. The van der Waals surface area contributed by atoms with Crippen molar-refractivity contribution in [3.8, 4) is 0 Å². The minimum atomic E-state index is -0.691. The molecule has 2 saturated heterocycles. The lowest BCUT2D eigenvalue weighted by molar-refractivity contribution is 0.0504. The number of halogens is 3. The van der Waals surface area contributed by atoms with E-state index < -0.39 is 35.3 Å². The SMILES string of the molecule is CC(C)(C)OC(=O)N[C@H]1CN(c2ncc(CCC3CCN(c4ncc(Cl)cn4)CC3)cn2)C[C@@H]1c1cc(F)ccc1F. The van der Waals surface area contributed by atoms with E-state index in [9.17, 15) is 13.6 Å². The monoisotopic (exact) mass is 599 g/mol. The maximum absolute atomic E-state index is 14.8. The second-order valence-electron chi connectivity index (χ2n) is 12.0. The average Bonchev–Trinajstić information content (AvgIpc) is 3.36. The van der Waals surface area contributed by atoms with Crippen molar-refractivity contribution in [1.29, 1.82) is 0 Å². The maximum atomic E-state index is 14.8. The summed E-state index contributed by atoms with van der Waals surface area (Å²) in [4.78, 5) is 34.5. The summed E-state index contributed by atoms with van der Waals surface area (Å²) >= 11 is 5.90. The van der Waals surface area contributed by atoms with Gasteiger partial charge >= 0.3 is 6.09 Å². The lowest BCUT2D eigenvalue weighted by Crippen LogP contribution is -2.43. The van der Waals surface area contributed by atoms with E-state index in [0.717, 1.165) is 62.4 Å². The summed E-state index contributed by atoms with van der Waals surface area (Å²) in [6.45, 7) is 7.76. The zero-order valence-electron chi connectivity index (χ0n) is 24.1. The Hall–Kier alpha value is -3.60. The number of carbonyl (C=O) groups is 1. The number of anilines is 2. The lowest BCUT2D eigenvalue weighted by Gasteiger charge is -2.32. The number of carbonyl (C=O) groups excluding carboxylic acids is 1. The molecule has 1 N–H and O–H groups in total. The van der Waals surface area contributed by atoms with Gasteiger partial charge in [-0.05, 0) is 81.7 Å². The predicted molar refractivity (Wildman–Crippen MR) is 157 cm³/mol. The number of nitrogens with one attached hydrogen (secondary N) is 1. The minimum Gasteiger partial charge on any atom is -0.444 e. The molecule has 4 heterocycles. The normalized spacial score (nSPS) is 19.7. The van der Waals surface area contributed by atoms with Crippen molar-refractivity contribution in [3.63, 3.8) is 0 Å². The molecule has 5 rings (SSSR count). The number of hydrogen-bond donors (Lipinski definition) is 1. The Balaban J connectivity index is 1.19. The quantitative estimate of drug-likeness (QED) is 0.378. The van der Waals surface area contributed by atoms with Crippen molar-refractivity contribution in [1.82, 2.24) is 25.3 Å². The zero-order chi connectivity index (χ0) is 29.9. The molecule has 2 aliphatic rings. The highest BCUT2D eigenvalue weighted by atomic mass is 35.5. The van der Waals surface area contributed by atoms with Crippen LogP contribution in [0.1, 0.15) is 57.1 Å². The third-order valence-corrected chi connectivity index (χ3v) is 7.89. The molecule has 0 unspecified atom stereocenters. The molecule has 2 aromatic heterocycles. The van der Waals surface area contributed by atoms with Crippen molar-refractivity contribution in [2.75, 3.05) is 36.0 Å². The predicted octanol–water partition coefficient (Wildman–Crippen LogP) is 5.54. The molecule has 2 fully saturated rings. The summed E-state index contributed by atoms with van der Waals surface area (Å²) in [5.74, 6) is 0.210. The van der Waals surface area contributed by atoms with Crippen LogP contribution in [-0.4, -0.2) is 63.9 Å². The Morgan fingerprint density at radius 1 is 1.00 bits per heavy atom. The number of aryl methyl sites for hydroxylation is 1. The summed E-state index contributed by atoms with van der Waals surface area (Å²) < 4.78 is 34.3. The van der Waals surface area contributed by atoms with Crippen molar-refractivity contribution in [3.05, 3.63) is 70.8 Å². The van der Waals surface area contributed by atoms with Gasteiger partial charge in [0.2, 0.25) is 11.9 Å². The average molecular weight is 600 g/mol. The molecule has 3 aromatic rings. The molecule has 42 heavy (non-hydrogen) atoms. The van der Waals surface area contributed by atoms with Crippen LogP contribution >= 0.6 is 11.6 Å². The van der Waals surface area contributed by atoms with Crippen LogP contribution in [0.25, 0.3) is 0 Å². The van der Waals surface area contributed by atoms with Gasteiger partial charge in [0, 0.05) is 44.5 Å². The van der Waals surface area contributed by atoms with Crippen LogP contribution in [0, 0.1) is 17.6 Å². The molecule has 2 aliphatic heterocycles. The standard InChI is InChI=1S/C30H36ClF2N7O2/c1-30(2,3)42-29(41)38-26-18-40(17-24(26)23-12-22(32)6-7-25(23)33)28-34-13-20(14-35-28)5-4-19-8-10-39(11-9-19)27-36-15-21(31)16-37-27/h6-7,12-16,19,24,26H,4-5,8-11,17-18H2,1-3H3,(H,38,41)/t24-,26+/m1/s1. The fraction of sp³-hybridized carbons (Fsp3) is 0.500. The van der Waals surface area contributed by atoms with Crippen LogP contribution in [0.3, 0.4) is 0 Å². The van der Waals surface area contributed by atoms with Crippen molar-refractivity contribution >= 4 is 29.6 Å². The summed E-state index contributed by atoms with van der Waals surface area (Å²) in [5.41, 5.74) is 0.546. The highest BCUT2D eigenvalue weighted by Crippen LogP contribution is 2.32. The van der Waals surface area contributed by atoms with Crippen LogP contribution in [0.2, 0.25) is 5.02 Å². The van der Waals surface area contributed by atoms with Crippen molar-refractivity contribution in [2.45, 2.75) is 64.0 Å². The number of benzene rings is 1. The van der Waals surface area contributed by atoms with E-state index in [1.807, 2.05) is 17.3 Å². The number of nitrogens with zero attached hydrogens (tertiary/aromatic N) is 6. The van der Waals surface area contributed by atoms with Gasteiger partial charge in [-0.1, -0.05) is 11.6 Å². The molecule has 9 nitrogen and oxygen atoms in total. The molecule has 224 valence electrons. The number of piperidine rings is 1. The Morgan fingerprint density at radius 3 is 2.31 bits per heavy atom. The number of alkyl carbamates (subject to hydrolysis) is 1. The Bertz CT molecular complexity index is 1360. The number of amides is 1. The molecule has 0 bridgehead atoms. The van der Waals surface area contributed by atoms with Gasteiger partial charge in [-0.3, -0.25) is 0 Å². The van der Waals surface area contributed by atoms with E-state index in [-0.39, 0.29) is 5.56 Å². The summed E-state index contributed by atoms with van der Waals surface area (Å²) in [6, 6.07) is 2.85. The van der Waals surface area contributed by atoms with Crippen molar-refractivity contribution in [2.24, 2.45) is 5.92 Å². The van der Waals surface area contributed by atoms with Crippen molar-refractivity contribution < 1.29 is 18.3 Å². The van der Waals surface area contributed by atoms with Crippen LogP contribution in [0.15, 0.2) is 43.0 Å². The summed E-state index contributed by atoms with van der Waals surface area (Å²) in [7, 11) is 0. The third kappa shape index (κ3) is 7.61. The molecule has 1 aromatic carbocycles. The lowest BCUT2D eigenvalue weighted by atomic mass is 9.91. The van der Waals surface area contributed by atoms with Crippen LogP contribution in [0.5, 0.6) is 0 Å². The molecule has 12 heteroatoms. The smallest absolute Gasteiger partial charge is 0.407 e. The third-order valence-electron chi connectivity index (χ3n) is 7.70. The molecule has 1 amide bonds. The fourth-order valence-electron chi connectivity index (χ4n) is 5.59. The van der Waals surface area contributed by atoms with Gasteiger partial charge in [0.15, 0.2) is 0 Å².